The van der Waals surface area contributed by atoms with E-state index in [1.807, 2.05) is 18.2 Å². The lowest BCUT2D eigenvalue weighted by Gasteiger charge is -2.61. The van der Waals surface area contributed by atoms with Crippen molar-refractivity contribution in [1.82, 2.24) is 0 Å². The number of ether oxygens (including phenoxy) is 3. The fourth-order valence-corrected chi connectivity index (χ4v) is 18.2. The molecule has 6 heteroatoms. The molecule has 16 rings (SSSR count). The first-order valence-corrected chi connectivity index (χ1v) is 25.3. The molecule has 0 saturated heterocycles. The number of anilines is 3. The first kappa shape index (κ1) is 39.1. The van der Waals surface area contributed by atoms with E-state index in [0.717, 1.165) is 104 Å². The summed E-state index contributed by atoms with van der Waals surface area (Å²) in [6.45, 7) is 6.48. The van der Waals surface area contributed by atoms with Crippen LogP contribution in [0.2, 0.25) is 0 Å². The third-order valence-electron chi connectivity index (χ3n) is 19.2. The fraction of sp³-hybridized carbons (Fsp3) is 0.579. The van der Waals surface area contributed by atoms with Crippen molar-refractivity contribution >= 4 is 17.1 Å². The molecule has 0 spiro atoms. The molecule has 12 fully saturated rings. The van der Waals surface area contributed by atoms with E-state index in [-0.39, 0.29) is 16.2 Å². The summed E-state index contributed by atoms with van der Waals surface area (Å²) >= 11 is 0. The predicted molar refractivity (Wildman–Crippen MR) is 253 cm³/mol. The molecule has 4 aromatic carbocycles. The third-order valence-corrected chi connectivity index (χ3v) is 19.2. The minimum Gasteiger partial charge on any atom is -0.454 e. The van der Waals surface area contributed by atoms with Crippen molar-refractivity contribution in [1.29, 1.82) is 0 Å². The van der Waals surface area contributed by atoms with Gasteiger partial charge in [-0.25, -0.2) is 0 Å². The van der Waals surface area contributed by atoms with Crippen molar-refractivity contribution in [2.75, 3.05) is 17.2 Å². The molecule has 0 amide bonds. The van der Waals surface area contributed by atoms with Gasteiger partial charge in [0.15, 0.2) is 17.2 Å². The number of hydrogen-bond acceptors (Lipinski definition) is 6. The van der Waals surface area contributed by atoms with Crippen LogP contribution in [-0.2, 0) is 16.2 Å². The molecule has 6 N–H and O–H groups in total. The summed E-state index contributed by atoms with van der Waals surface area (Å²) in [6.07, 6.45) is 22.9. The van der Waals surface area contributed by atoms with Crippen LogP contribution in [0.1, 0.15) is 149 Å². The molecular formula is C57H69N3O3. The van der Waals surface area contributed by atoms with Crippen LogP contribution in [0.25, 0.3) is 0 Å². The second-order valence-corrected chi connectivity index (χ2v) is 24.1. The maximum absolute atomic E-state index is 7.92. The second kappa shape index (κ2) is 13.8. The molecule has 6 nitrogen and oxygen atoms in total. The predicted octanol–water partition coefficient (Wildman–Crippen LogP) is 14.1. The lowest BCUT2D eigenvalue weighted by Crippen LogP contribution is -2.52. The van der Waals surface area contributed by atoms with Crippen molar-refractivity contribution in [3.63, 3.8) is 0 Å². The van der Waals surface area contributed by atoms with Gasteiger partial charge in [-0.15, -0.1) is 0 Å². The van der Waals surface area contributed by atoms with Gasteiger partial charge < -0.3 is 31.4 Å². The minimum atomic E-state index is -0.0917. The molecule has 0 atom stereocenters. The average molecular weight is 844 g/mol. The van der Waals surface area contributed by atoms with E-state index >= 15 is 0 Å². The summed E-state index contributed by atoms with van der Waals surface area (Å²) in [6, 6.07) is 19.0. The van der Waals surface area contributed by atoms with Crippen LogP contribution in [0.15, 0.2) is 54.6 Å². The number of aryl methyl sites for hydroxylation is 3. The van der Waals surface area contributed by atoms with Gasteiger partial charge in [0.05, 0.1) is 17.1 Å². The highest BCUT2D eigenvalue weighted by Gasteiger charge is 2.62. The van der Waals surface area contributed by atoms with Gasteiger partial charge in [-0.3, -0.25) is 0 Å². The zero-order valence-corrected chi connectivity index (χ0v) is 38.1. The molecule has 0 heterocycles. The smallest absolute Gasteiger partial charge is 0.150 e. The molecule has 330 valence electrons. The summed E-state index contributed by atoms with van der Waals surface area (Å²) in [7, 11) is 0. The van der Waals surface area contributed by atoms with Crippen LogP contribution >= 0.6 is 0 Å². The summed E-state index contributed by atoms with van der Waals surface area (Å²) in [5.41, 5.74) is 30.4. The summed E-state index contributed by atoms with van der Waals surface area (Å²) < 4.78 is 23.8. The third kappa shape index (κ3) is 6.21. The fourth-order valence-electron chi connectivity index (χ4n) is 18.2. The van der Waals surface area contributed by atoms with Crippen LogP contribution in [0.4, 0.5) is 17.1 Å². The van der Waals surface area contributed by atoms with Crippen LogP contribution in [-0.4, -0.2) is 0 Å². The summed E-state index contributed by atoms with van der Waals surface area (Å²) in [4.78, 5) is 0. The van der Waals surface area contributed by atoms with Gasteiger partial charge in [0.1, 0.15) is 17.2 Å². The number of rotatable bonds is 9. The number of nitrogen functional groups attached to an aromatic ring is 3. The Balaban J connectivity index is 1.20. The molecule has 12 saturated carbocycles. The van der Waals surface area contributed by atoms with Gasteiger partial charge in [0.2, 0.25) is 0 Å². The highest BCUT2D eigenvalue weighted by molar-refractivity contribution is 5.74. The van der Waals surface area contributed by atoms with Crippen molar-refractivity contribution in [3.8, 4) is 34.5 Å². The van der Waals surface area contributed by atoms with Crippen molar-refractivity contribution in [2.45, 2.75) is 153 Å². The normalized spacial score (nSPS) is 37.5. The van der Waals surface area contributed by atoms with Gasteiger partial charge >= 0.3 is 0 Å². The summed E-state index contributed by atoms with van der Waals surface area (Å²) in [5.74, 6) is 11.8. The van der Waals surface area contributed by atoms with Crippen molar-refractivity contribution in [3.05, 3.63) is 88.0 Å². The van der Waals surface area contributed by atoms with Gasteiger partial charge in [-0.2, -0.15) is 0 Å². The zero-order chi connectivity index (χ0) is 42.6. The highest BCUT2D eigenvalue weighted by atomic mass is 16.5. The van der Waals surface area contributed by atoms with Crippen molar-refractivity contribution < 1.29 is 14.2 Å². The number of hydrogen-bond donors (Lipinski definition) is 3. The molecule has 12 aliphatic carbocycles. The quantitative estimate of drug-likeness (QED) is 0.145. The van der Waals surface area contributed by atoms with Crippen molar-refractivity contribution in [2.24, 2.45) is 53.3 Å². The molecule has 63 heavy (non-hydrogen) atoms. The van der Waals surface area contributed by atoms with Crippen LogP contribution in [0, 0.1) is 74.0 Å². The molecule has 12 bridgehead atoms. The van der Waals surface area contributed by atoms with E-state index in [2.05, 4.69) is 57.2 Å². The lowest BCUT2D eigenvalue weighted by molar-refractivity contribution is -0.0152. The molecule has 0 aliphatic heterocycles. The summed E-state index contributed by atoms with van der Waals surface area (Å²) in [5, 5.41) is 0. The second-order valence-electron chi connectivity index (χ2n) is 24.1. The Labute approximate surface area is 375 Å². The number of benzene rings is 4. The van der Waals surface area contributed by atoms with Gasteiger partial charge in [0.25, 0.3) is 0 Å². The Kier molecular flexibility index (Phi) is 8.59. The molecule has 12 aliphatic rings. The number of nitrogens with two attached hydrogens (primary N) is 3. The SMILES string of the molecule is Cc1ccc(N)c(Oc2c(C34CC5CC(CC(C5)C3)C4)c(Oc3cc(C)ccc3N)c(C34CC5CC(CC(C5)C3)C4)c(Oc3cc(C)ccc3N)c2C23CC4CC(CC(C4)C2)C3)c1. The van der Waals surface area contributed by atoms with E-state index in [0.29, 0.717) is 17.1 Å². The first-order chi connectivity index (χ1) is 30.4. The first-order valence-electron chi connectivity index (χ1n) is 25.3. The zero-order valence-electron chi connectivity index (χ0n) is 38.1. The maximum Gasteiger partial charge on any atom is 0.150 e. The Morgan fingerprint density at radius 1 is 0.349 bits per heavy atom. The van der Waals surface area contributed by atoms with Crippen LogP contribution in [0.5, 0.6) is 34.5 Å². The van der Waals surface area contributed by atoms with E-state index in [1.165, 1.54) is 132 Å². The van der Waals surface area contributed by atoms with Gasteiger partial charge in [-0.05, 0) is 243 Å². The standard InChI is InChI=1S/C57H69N3O3/c1-31-4-7-43(58)46(10-31)61-52-49(55-22-34-13-35(23-55)15-36(14-34)24-55)53(62-47-11-32(2)5-8-44(47)59)51(57-28-40-19-41(29-57)21-42(20-40)30-57)54(63-48-12-33(3)6-9-45(48)60)50(52)56-25-37-16-38(26-56)18-39(17-37)27-56/h4-12,34-42H,13-30,58-60H2,1-3H3. The largest absolute Gasteiger partial charge is 0.454 e. The van der Waals surface area contributed by atoms with Gasteiger partial charge in [0, 0.05) is 32.9 Å². The minimum absolute atomic E-state index is 0.0917. The van der Waals surface area contributed by atoms with E-state index in [4.69, 9.17) is 31.4 Å². The van der Waals surface area contributed by atoms with Gasteiger partial charge in [-0.1, -0.05) is 18.2 Å². The maximum atomic E-state index is 7.92. The molecule has 4 aromatic rings. The Morgan fingerprint density at radius 2 is 0.556 bits per heavy atom. The molecule has 0 unspecified atom stereocenters. The van der Waals surface area contributed by atoms with Crippen LogP contribution in [0.3, 0.4) is 0 Å². The monoisotopic (exact) mass is 844 g/mol. The Morgan fingerprint density at radius 3 is 0.762 bits per heavy atom. The van der Waals surface area contributed by atoms with E-state index in [1.54, 1.807) is 0 Å². The Hall–Kier alpha value is -4.32. The molecule has 0 radical (unpaired) electrons. The molecular weight excluding hydrogens is 775 g/mol. The van der Waals surface area contributed by atoms with E-state index < -0.39 is 0 Å². The lowest BCUT2D eigenvalue weighted by atomic mass is 9.44. The van der Waals surface area contributed by atoms with Crippen LogP contribution < -0.4 is 31.4 Å². The Bertz CT molecular complexity index is 2130. The average Bonchev–Trinajstić information content (AvgIpc) is 3.20. The van der Waals surface area contributed by atoms with E-state index in [9.17, 15) is 0 Å². The highest BCUT2D eigenvalue weighted by Crippen LogP contribution is 2.73. The topological polar surface area (TPSA) is 106 Å². The molecule has 0 aromatic heterocycles.